The van der Waals surface area contributed by atoms with Gasteiger partial charge in [-0.1, -0.05) is 24.6 Å². The predicted molar refractivity (Wildman–Crippen MR) is 90.3 cm³/mol. The predicted octanol–water partition coefficient (Wildman–Crippen LogP) is 2.36. The molecule has 0 radical (unpaired) electrons. The number of carboxylic acid groups (broad SMARTS) is 1. The summed E-state index contributed by atoms with van der Waals surface area (Å²) < 4.78 is 5.19. The Morgan fingerprint density at radius 2 is 2.21 bits per heavy atom. The van der Waals surface area contributed by atoms with E-state index < -0.39 is 11.9 Å². The fourth-order valence-electron chi connectivity index (χ4n) is 2.91. The van der Waals surface area contributed by atoms with Gasteiger partial charge in [0, 0.05) is 18.7 Å². The number of nitrogens with zero attached hydrogens (tertiary/aromatic N) is 1. The van der Waals surface area contributed by atoms with Crippen molar-refractivity contribution >= 4 is 11.9 Å². The molecule has 1 aliphatic heterocycles. The zero-order valence-electron chi connectivity index (χ0n) is 14.3. The zero-order chi connectivity index (χ0) is 17.7. The van der Waals surface area contributed by atoms with E-state index in [9.17, 15) is 14.7 Å². The van der Waals surface area contributed by atoms with Crippen molar-refractivity contribution in [3.8, 4) is 5.75 Å². The lowest BCUT2D eigenvalue weighted by Gasteiger charge is -2.32. The Hall–Kier alpha value is -2.34. The number of nitrogens with one attached hydrogen (secondary N) is 1. The largest absolute Gasteiger partial charge is 0.497 e. The Balaban J connectivity index is 2.10. The Kier molecular flexibility index (Phi) is 5.98. The van der Waals surface area contributed by atoms with Gasteiger partial charge in [0.15, 0.2) is 0 Å². The van der Waals surface area contributed by atoms with Gasteiger partial charge in [-0.2, -0.15) is 0 Å². The molecule has 24 heavy (non-hydrogen) atoms. The molecule has 0 saturated carbocycles. The highest BCUT2D eigenvalue weighted by Crippen LogP contribution is 2.27. The molecule has 130 valence electrons. The molecule has 0 saturated heterocycles. The summed E-state index contributed by atoms with van der Waals surface area (Å²) in [5.74, 6) is -1.18. The topological polar surface area (TPSA) is 78.9 Å². The van der Waals surface area contributed by atoms with Crippen LogP contribution in [-0.2, 0) is 16.1 Å². The zero-order valence-corrected chi connectivity index (χ0v) is 14.3. The van der Waals surface area contributed by atoms with E-state index in [1.54, 1.807) is 14.0 Å². The maximum absolute atomic E-state index is 12.7. The third-order valence-corrected chi connectivity index (χ3v) is 4.31. The smallest absolute Gasteiger partial charge is 0.311 e. The fourth-order valence-corrected chi connectivity index (χ4v) is 2.91. The van der Waals surface area contributed by atoms with Crippen LogP contribution in [0.3, 0.4) is 0 Å². The second-order valence-corrected chi connectivity index (χ2v) is 5.89. The van der Waals surface area contributed by atoms with Gasteiger partial charge in [0.05, 0.1) is 13.0 Å². The highest BCUT2D eigenvalue weighted by Gasteiger charge is 2.33. The number of hydrogen-bond donors (Lipinski definition) is 2. The quantitative estimate of drug-likeness (QED) is 0.801. The molecule has 2 N–H and O–H groups in total. The summed E-state index contributed by atoms with van der Waals surface area (Å²) in [6.45, 7) is 4.64. The average molecular weight is 332 g/mol. The van der Waals surface area contributed by atoms with Crippen molar-refractivity contribution in [2.24, 2.45) is 5.92 Å². The first kappa shape index (κ1) is 18.0. The van der Waals surface area contributed by atoms with E-state index >= 15 is 0 Å². The Bertz CT molecular complexity index is 654. The first-order valence-corrected chi connectivity index (χ1v) is 8.08. The third-order valence-electron chi connectivity index (χ3n) is 4.31. The highest BCUT2D eigenvalue weighted by molar-refractivity contribution is 5.99. The molecule has 1 aromatic carbocycles. The highest BCUT2D eigenvalue weighted by atomic mass is 16.5. The number of rotatable bonds is 7. The van der Waals surface area contributed by atoms with Crippen LogP contribution in [0.15, 0.2) is 35.4 Å². The molecular formula is C18H24N2O4. The Labute approximate surface area is 142 Å². The van der Waals surface area contributed by atoms with Gasteiger partial charge in [0.2, 0.25) is 0 Å². The molecule has 6 heteroatoms. The first-order chi connectivity index (χ1) is 11.5. The van der Waals surface area contributed by atoms with Gasteiger partial charge in [0.1, 0.15) is 5.75 Å². The van der Waals surface area contributed by atoms with E-state index in [2.05, 4.69) is 5.43 Å². The van der Waals surface area contributed by atoms with Gasteiger partial charge in [0.25, 0.3) is 5.91 Å². The molecule has 1 amide bonds. The molecule has 1 heterocycles. The lowest BCUT2D eigenvalue weighted by atomic mass is 9.88. The summed E-state index contributed by atoms with van der Waals surface area (Å²) in [6, 6.07) is 7.59. The van der Waals surface area contributed by atoms with Crippen LogP contribution in [0.25, 0.3) is 0 Å². The van der Waals surface area contributed by atoms with Gasteiger partial charge >= 0.3 is 5.97 Å². The number of benzene rings is 1. The maximum Gasteiger partial charge on any atom is 0.311 e. The van der Waals surface area contributed by atoms with Crippen LogP contribution in [0.1, 0.15) is 32.3 Å². The molecule has 0 bridgehead atoms. The van der Waals surface area contributed by atoms with E-state index in [0.29, 0.717) is 31.5 Å². The van der Waals surface area contributed by atoms with Crippen molar-refractivity contribution in [1.82, 2.24) is 10.4 Å². The Morgan fingerprint density at radius 3 is 2.83 bits per heavy atom. The molecule has 0 fully saturated rings. The summed E-state index contributed by atoms with van der Waals surface area (Å²) in [5, 5.41) is 10.9. The number of hydrazine groups is 1. The van der Waals surface area contributed by atoms with Crippen molar-refractivity contribution in [2.45, 2.75) is 33.2 Å². The number of amides is 1. The van der Waals surface area contributed by atoms with E-state index in [1.165, 1.54) is 5.01 Å². The molecule has 0 aliphatic carbocycles. The van der Waals surface area contributed by atoms with E-state index in [0.717, 1.165) is 16.9 Å². The number of aliphatic carboxylic acids is 1. The number of hydrogen-bond acceptors (Lipinski definition) is 4. The molecule has 0 spiro atoms. The number of methoxy groups -OCH3 is 1. The molecule has 0 aromatic heterocycles. The van der Waals surface area contributed by atoms with Crippen molar-refractivity contribution in [2.75, 3.05) is 13.7 Å². The minimum Gasteiger partial charge on any atom is -0.497 e. The van der Waals surface area contributed by atoms with E-state index in [-0.39, 0.29) is 5.91 Å². The van der Waals surface area contributed by atoms with Crippen LogP contribution in [0, 0.1) is 5.92 Å². The van der Waals surface area contributed by atoms with Gasteiger partial charge in [-0.05, 0) is 37.5 Å². The number of carboxylic acids is 1. The van der Waals surface area contributed by atoms with E-state index in [1.807, 2.05) is 31.2 Å². The summed E-state index contributed by atoms with van der Waals surface area (Å²) in [4.78, 5) is 24.1. The summed E-state index contributed by atoms with van der Waals surface area (Å²) in [7, 11) is 1.61. The van der Waals surface area contributed by atoms with E-state index in [4.69, 9.17) is 4.74 Å². The van der Waals surface area contributed by atoms with Crippen LogP contribution in [0.2, 0.25) is 0 Å². The SMILES string of the molecule is CCC(C(=O)O)C1=C(C)CCN(NCc2cccc(OC)c2)C1=O. The monoisotopic (exact) mass is 332 g/mol. The van der Waals surface area contributed by atoms with Crippen molar-refractivity contribution < 1.29 is 19.4 Å². The first-order valence-electron chi connectivity index (χ1n) is 8.08. The molecule has 1 atom stereocenters. The summed E-state index contributed by atoms with van der Waals surface area (Å²) in [5.41, 5.74) is 5.38. The van der Waals surface area contributed by atoms with Gasteiger partial charge in [-0.25, -0.2) is 5.43 Å². The van der Waals surface area contributed by atoms with Crippen LogP contribution >= 0.6 is 0 Å². The molecule has 1 aliphatic rings. The minimum atomic E-state index is -0.949. The van der Waals surface area contributed by atoms with Crippen LogP contribution in [0.4, 0.5) is 0 Å². The van der Waals surface area contributed by atoms with Crippen molar-refractivity contribution in [3.05, 3.63) is 41.0 Å². The molecule has 1 aromatic rings. The summed E-state index contributed by atoms with van der Waals surface area (Å²) >= 11 is 0. The Morgan fingerprint density at radius 1 is 1.46 bits per heavy atom. The van der Waals surface area contributed by atoms with Gasteiger partial charge in [-0.3, -0.25) is 14.6 Å². The van der Waals surface area contributed by atoms with Crippen molar-refractivity contribution in [1.29, 1.82) is 0 Å². The van der Waals surface area contributed by atoms with Gasteiger partial charge < -0.3 is 9.84 Å². The fraction of sp³-hybridized carbons (Fsp3) is 0.444. The van der Waals surface area contributed by atoms with Crippen LogP contribution < -0.4 is 10.2 Å². The summed E-state index contributed by atoms with van der Waals surface area (Å²) in [6.07, 6.45) is 1.08. The second-order valence-electron chi connectivity index (χ2n) is 5.89. The molecule has 6 nitrogen and oxygen atoms in total. The van der Waals surface area contributed by atoms with Crippen molar-refractivity contribution in [3.63, 3.8) is 0 Å². The standard InChI is InChI=1S/C18H24N2O4/c1-4-15(18(22)23)16-12(2)8-9-20(17(16)21)19-11-13-6-5-7-14(10-13)24-3/h5-7,10,15,19H,4,8-9,11H2,1-3H3,(H,22,23). The number of carbonyl (C=O) groups excluding carboxylic acids is 1. The molecular weight excluding hydrogens is 308 g/mol. The molecule has 1 unspecified atom stereocenters. The lowest BCUT2D eigenvalue weighted by molar-refractivity contribution is -0.143. The third kappa shape index (κ3) is 3.94. The van der Waals surface area contributed by atoms with Crippen LogP contribution in [0.5, 0.6) is 5.75 Å². The van der Waals surface area contributed by atoms with Crippen LogP contribution in [-0.4, -0.2) is 35.6 Å². The van der Waals surface area contributed by atoms with Gasteiger partial charge in [-0.15, -0.1) is 0 Å². The number of ether oxygens (including phenoxy) is 1. The normalized spacial score (nSPS) is 16.3. The average Bonchev–Trinajstić information content (AvgIpc) is 2.57. The second kappa shape index (κ2) is 7.97. The minimum absolute atomic E-state index is 0.240. The lowest BCUT2D eigenvalue weighted by Crippen LogP contribution is -2.48. The molecule has 2 rings (SSSR count). The maximum atomic E-state index is 12.7. The number of carbonyl (C=O) groups is 2.